The normalized spacial score (nSPS) is 24.7. The monoisotopic (exact) mass is 270 g/mol. The van der Waals surface area contributed by atoms with Crippen LogP contribution in [0.1, 0.15) is 32.6 Å². The SMILES string of the molecule is CCCCCOS(=O)(=O)[C@@H]1CCS(=O)(=O)C1. The van der Waals surface area contributed by atoms with E-state index in [0.717, 1.165) is 12.8 Å². The molecule has 1 aliphatic rings. The Morgan fingerprint density at radius 2 is 2.00 bits per heavy atom. The zero-order valence-electron chi connectivity index (χ0n) is 9.38. The molecular formula is C9H18O5S2. The van der Waals surface area contributed by atoms with Crippen molar-refractivity contribution in [2.75, 3.05) is 18.1 Å². The van der Waals surface area contributed by atoms with Crippen LogP contribution in [0.25, 0.3) is 0 Å². The molecule has 1 saturated heterocycles. The minimum atomic E-state index is -3.69. The van der Waals surface area contributed by atoms with E-state index in [4.69, 9.17) is 4.18 Å². The summed E-state index contributed by atoms with van der Waals surface area (Å²) in [7, 11) is -6.86. The standard InChI is InChI=1S/C9H18O5S2/c1-2-3-4-6-14-16(12,13)9-5-7-15(10,11)8-9/h9H,2-8H2,1H3/t9-/m1/s1. The number of hydrogen-bond acceptors (Lipinski definition) is 5. The lowest BCUT2D eigenvalue weighted by Crippen LogP contribution is -2.25. The summed E-state index contributed by atoms with van der Waals surface area (Å²) in [6.45, 7) is 2.17. The third kappa shape index (κ3) is 4.03. The van der Waals surface area contributed by atoms with Crippen molar-refractivity contribution >= 4 is 20.0 Å². The summed E-state index contributed by atoms with van der Waals surface area (Å²) in [5.41, 5.74) is 0. The predicted molar refractivity (Wildman–Crippen MR) is 61.5 cm³/mol. The minimum Gasteiger partial charge on any atom is -0.270 e. The van der Waals surface area contributed by atoms with E-state index in [1.165, 1.54) is 0 Å². The molecule has 7 heteroatoms. The van der Waals surface area contributed by atoms with Gasteiger partial charge in [-0.05, 0) is 12.8 Å². The number of unbranched alkanes of at least 4 members (excludes halogenated alkanes) is 2. The second-order valence-corrected chi connectivity index (χ2v) is 8.16. The van der Waals surface area contributed by atoms with Crippen molar-refractivity contribution < 1.29 is 21.0 Å². The summed E-state index contributed by atoms with van der Waals surface area (Å²) >= 11 is 0. The number of rotatable bonds is 6. The predicted octanol–water partition coefficient (Wildman–Crippen LogP) is 0.710. The van der Waals surface area contributed by atoms with Crippen molar-refractivity contribution in [3.63, 3.8) is 0 Å². The molecule has 0 unspecified atom stereocenters. The highest BCUT2D eigenvalue weighted by molar-refractivity contribution is 7.94. The average Bonchev–Trinajstić information content (AvgIpc) is 2.54. The van der Waals surface area contributed by atoms with Crippen LogP contribution in [0.5, 0.6) is 0 Å². The maximum Gasteiger partial charge on any atom is 0.271 e. The van der Waals surface area contributed by atoms with Gasteiger partial charge in [0, 0.05) is 0 Å². The van der Waals surface area contributed by atoms with E-state index in [2.05, 4.69) is 0 Å². The Morgan fingerprint density at radius 3 is 2.50 bits per heavy atom. The molecule has 0 bridgehead atoms. The first-order chi connectivity index (χ1) is 7.37. The summed E-state index contributed by atoms with van der Waals surface area (Å²) in [5.74, 6) is -0.335. The van der Waals surface area contributed by atoms with Gasteiger partial charge in [-0.1, -0.05) is 19.8 Å². The molecule has 5 nitrogen and oxygen atoms in total. The van der Waals surface area contributed by atoms with Crippen molar-refractivity contribution in [2.24, 2.45) is 0 Å². The van der Waals surface area contributed by atoms with E-state index in [0.29, 0.717) is 6.42 Å². The van der Waals surface area contributed by atoms with Crippen LogP contribution in [-0.4, -0.2) is 40.2 Å². The van der Waals surface area contributed by atoms with Crippen LogP contribution >= 0.6 is 0 Å². The molecular weight excluding hydrogens is 252 g/mol. The van der Waals surface area contributed by atoms with Gasteiger partial charge in [0.2, 0.25) is 0 Å². The van der Waals surface area contributed by atoms with Gasteiger partial charge in [-0.3, -0.25) is 4.18 Å². The molecule has 96 valence electrons. The Morgan fingerprint density at radius 1 is 1.31 bits per heavy atom. The highest BCUT2D eigenvalue weighted by Crippen LogP contribution is 2.20. The highest BCUT2D eigenvalue weighted by Gasteiger charge is 2.37. The van der Waals surface area contributed by atoms with Gasteiger partial charge in [0.15, 0.2) is 9.84 Å². The Balaban J connectivity index is 2.46. The third-order valence-electron chi connectivity index (χ3n) is 2.59. The van der Waals surface area contributed by atoms with Crippen molar-refractivity contribution in [2.45, 2.75) is 37.9 Å². The third-order valence-corrected chi connectivity index (χ3v) is 6.29. The molecule has 1 atom stereocenters. The molecule has 0 amide bonds. The van der Waals surface area contributed by atoms with Gasteiger partial charge in [0.05, 0.1) is 18.1 Å². The fraction of sp³-hybridized carbons (Fsp3) is 1.00. The summed E-state index contributed by atoms with van der Waals surface area (Å²) in [4.78, 5) is 0. The number of hydrogen-bond donors (Lipinski definition) is 0. The van der Waals surface area contributed by atoms with Gasteiger partial charge in [0.1, 0.15) is 5.25 Å². The van der Waals surface area contributed by atoms with Gasteiger partial charge in [-0.25, -0.2) is 8.42 Å². The van der Waals surface area contributed by atoms with E-state index in [9.17, 15) is 16.8 Å². The van der Waals surface area contributed by atoms with Gasteiger partial charge >= 0.3 is 0 Å². The van der Waals surface area contributed by atoms with Crippen LogP contribution in [0.2, 0.25) is 0 Å². The maximum absolute atomic E-state index is 11.6. The van der Waals surface area contributed by atoms with E-state index in [-0.39, 0.29) is 24.5 Å². The van der Waals surface area contributed by atoms with Crippen molar-refractivity contribution in [1.29, 1.82) is 0 Å². The van der Waals surface area contributed by atoms with E-state index < -0.39 is 25.2 Å². The molecule has 1 aliphatic heterocycles. The van der Waals surface area contributed by atoms with Gasteiger partial charge < -0.3 is 0 Å². The molecule has 0 radical (unpaired) electrons. The highest BCUT2D eigenvalue weighted by atomic mass is 32.2. The first-order valence-corrected chi connectivity index (χ1v) is 8.75. The molecule has 0 aromatic heterocycles. The summed E-state index contributed by atoms with van der Waals surface area (Å²) in [5, 5.41) is -0.862. The molecule has 0 aromatic rings. The zero-order chi connectivity index (χ0) is 12.2. The quantitative estimate of drug-likeness (QED) is 0.525. The lowest BCUT2D eigenvalue weighted by Gasteiger charge is -2.09. The Labute approximate surface area is 97.2 Å². The molecule has 1 rings (SSSR count). The summed E-state index contributed by atoms with van der Waals surface area (Å²) < 4.78 is 50.3. The summed E-state index contributed by atoms with van der Waals surface area (Å²) in [6.07, 6.45) is 2.76. The van der Waals surface area contributed by atoms with E-state index in [1.54, 1.807) is 0 Å². The van der Waals surface area contributed by atoms with E-state index in [1.807, 2.05) is 6.92 Å². The van der Waals surface area contributed by atoms with Gasteiger partial charge in [0.25, 0.3) is 10.1 Å². The second-order valence-electron chi connectivity index (χ2n) is 4.05. The van der Waals surface area contributed by atoms with Crippen LogP contribution < -0.4 is 0 Å². The molecule has 0 aliphatic carbocycles. The molecule has 1 heterocycles. The molecule has 0 spiro atoms. The average molecular weight is 270 g/mol. The molecule has 0 N–H and O–H groups in total. The van der Waals surface area contributed by atoms with Crippen LogP contribution in [-0.2, 0) is 24.1 Å². The van der Waals surface area contributed by atoms with Crippen LogP contribution in [0.4, 0.5) is 0 Å². The first-order valence-electron chi connectivity index (χ1n) is 5.46. The molecule has 0 aromatic carbocycles. The van der Waals surface area contributed by atoms with Gasteiger partial charge in [-0.15, -0.1) is 0 Å². The second kappa shape index (κ2) is 5.46. The largest absolute Gasteiger partial charge is 0.271 e. The van der Waals surface area contributed by atoms with Crippen LogP contribution in [0.15, 0.2) is 0 Å². The fourth-order valence-corrected chi connectivity index (χ4v) is 5.54. The summed E-state index contributed by atoms with van der Waals surface area (Å²) in [6, 6.07) is 0. The lowest BCUT2D eigenvalue weighted by atomic mass is 10.3. The maximum atomic E-state index is 11.6. The van der Waals surface area contributed by atoms with Crippen molar-refractivity contribution in [3.05, 3.63) is 0 Å². The Kier molecular flexibility index (Phi) is 4.75. The molecule has 1 fully saturated rings. The lowest BCUT2D eigenvalue weighted by molar-refractivity contribution is 0.303. The van der Waals surface area contributed by atoms with Crippen molar-refractivity contribution in [1.82, 2.24) is 0 Å². The van der Waals surface area contributed by atoms with Crippen molar-refractivity contribution in [3.8, 4) is 0 Å². The van der Waals surface area contributed by atoms with Gasteiger partial charge in [-0.2, -0.15) is 8.42 Å². The fourth-order valence-electron chi connectivity index (χ4n) is 1.61. The Hall–Kier alpha value is -0.140. The Bertz CT molecular complexity index is 409. The molecule has 16 heavy (non-hydrogen) atoms. The molecule has 0 saturated carbocycles. The van der Waals surface area contributed by atoms with Crippen LogP contribution in [0.3, 0.4) is 0 Å². The number of sulfone groups is 1. The zero-order valence-corrected chi connectivity index (χ0v) is 11.0. The van der Waals surface area contributed by atoms with Crippen LogP contribution in [0, 0.1) is 0 Å². The minimum absolute atomic E-state index is 0.0464. The smallest absolute Gasteiger partial charge is 0.270 e. The first kappa shape index (κ1) is 13.9. The van der Waals surface area contributed by atoms with E-state index >= 15 is 0 Å². The topological polar surface area (TPSA) is 77.5 Å².